The molecule has 3 aromatic rings. The van der Waals surface area contributed by atoms with E-state index in [1.165, 1.54) is 7.11 Å². The molecule has 0 aliphatic rings. The van der Waals surface area contributed by atoms with E-state index in [4.69, 9.17) is 21.1 Å². The van der Waals surface area contributed by atoms with Gasteiger partial charge in [-0.1, -0.05) is 38.8 Å². The molecule has 8 nitrogen and oxygen atoms in total. The fourth-order valence-electron chi connectivity index (χ4n) is 2.61. The first-order chi connectivity index (χ1) is 13.9. The third-order valence-corrected chi connectivity index (χ3v) is 4.69. The average molecular weight is 483 g/mol. The molecule has 29 heavy (non-hydrogen) atoms. The highest BCUT2D eigenvalue weighted by Gasteiger charge is 2.16. The van der Waals surface area contributed by atoms with Gasteiger partial charge in [0, 0.05) is 16.2 Å². The number of nitrogens with one attached hydrogen (secondary N) is 1. The number of hydrogen-bond acceptors (Lipinski definition) is 6. The van der Waals surface area contributed by atoms with Crippen molar-refractivity contribution in [3.63, 3.8) is 0 Å². The molecule has 0 fully saturated rings. The maximum absolute atomic E-state index is 12.4. The standard InChI is InChI=1S/C19H17BrClN3O5/c1-11-6-12(20)7-15(21)18(11)28-10-16-23-29-19(26)24(16)9-17(25)22-13-4-3-5-14(8-13)27-2/h3-8H,9-10H2,1-2H3,(H,22,25). The van der Waals surface area contributed by atoms with Crippen LogP contribution in [0.4, 0.5) is 5.69 Å². The molecule has 1 N–H and O–H groups in total. The van der Waals surface area contributed by atoms with E-state index in [2.05, 4.69) is 30.9 Å². The zero-order valence-corrected chi connectivity index (χ0v) is 17.9. The highest BCUT2D eigenvalue weighted by molar-refractivity contribution is 9.10. The molecule has 3 rings (SSSR count). The predicted octanol–water partition coefficient (Wildman–Crippen LogP) is 3.79. The number of carbonyl (C=O) groups excluding carboxylic acids is 1. The van der Waals surface area contributed by atoms with Gasteiger partial charge in [-0.05, 0) is 36.8 Å². The van der Waals surface area contributed by atoms with Crippen molar-refractivity contribution < 1.29 is 18.8 Å². The Labute approximate surface area is 179 Å². The molecule has 0 radical (unpaired) electrons. The Balaban J connectivity index is 1.71. The molecule has 152 valence electrons. The van der Waals surface area contributed by atoms with Gasteiger partial charge in [0.25, 0.3) is 0 Å². The predicted molar refractivity (Wildman–Crippen MR) is 111 cm³/mol. The minimum Gasteiger partial charge on any atom is -0.497 e. The van der Waals surface area contributed by atoms with Crippen LogP contribution in [0.5, 0.6) is 11.5 Å². The first kappa shape index (κ1) is 20.9. The number of carbonyl (C=O) groups is 1. The normalized spacial score (nSPS) is 10.6. The number of anilines is 1. The molecule has 0 unspecified atom stereocenters. The number of nitrogens with zero attached hydrogens (tertiary/aromatic N) is 2. The lowest BCUT2D eigenvalue weighted by Gasteiger charge is -2.11. The van der Waals surface area contributed by atoms with E-state index < -0.39 is 11.7 Å². The molecule has 0 atom stereocenters. The number of rotatable bonds is 7. The summed E-state index contributed by atoms with van der Waals surface area (Å²) in [6.45, 7) is 1.45. The number of methoxy groups -OCH3 is 1. The monoisotopic (exact) mass is 481 g/mol. The van der Waals surface area contributed by atoms with Gasteiger partial charge in [-0.2, -0.15) is 0 Å². The molecule has 0 aliphatic heterocycles. The van der Waals surface area contributed by atoms with Gasteiger partial charge in [-0.15, -0.1) is 0 Å². The van der Waals surface area contributed by atoms with E-state index in [1.807, 2.05) is 13.0 Å². The summed E-state index contributed by atoms with van der Waals surface area (Å²) in [7, 11) is 1.53. The Morgan fingerprint density at radius 2 is 2.14 bits per heavy atom. The molecule has 10 heteroatoms. The number of ether oxygens (including phenoxy) is 2. The van der Waals surface area contributed by atoms with E-state index >= 15 is 0 Å². The Hall–Kier alpha value is -2.78. The van der Waals surface area contributed by atoms with Crippen LogP contribution in [0.1, 0.15) is 11.4 Å². The van der Waals surface area contributed by atoms with Gasteiger partial charge in [-0.3, -0.25) is 9.32 Å². The van der Waals surface area contributed by atoms with E-state index in [0.29, 0.717) is 22.2 Å². The Kier molecular flexibility index (Phi) is 6.60. The van der Waals surface area contributed by atoms with E-state index in [0.717, 1.165) is 14.6 Å². The van der Waals surface area contributed by atoms with Crippen molar-refractivity contribution in [1.29, 1.82) is 0 Å². The number of benzene rings is 2. The topological polar surface area (TPSA) is 95.6 Å². The highest BCUT2D eigenvalue weighted by atomic mass is 79.9. The van der Waals surface area contributed by atoms with E-state index in [9.17, 15) is 9.59 Å². The van der Waals surface area contributed by atoms with Crippen LogP contribution in [-0.2, 0) is 17.9 Å². The molecule has 0 spiro atoms. The molecule has 1 amide bonds. The van der Waals surface area contributed by atoms with Gasteiger partial charge in [0.1, 0.15) is 24.7 Å². The van der Waals surface area contributed by atoms with Gasteiger partial charge < -0.3 is 14.8 Å². The smallest absolute Gasteiger partial charge is 0.442 e. The largest absolute Gasteiger partial charge is 0.497 e. The maximum atomic E-state index is 12.4. The number of amides is 1. The molecule has 0 bridgehead atoms. The minimum atomic E-state index is -0.761. The van der Waals surface area contributed by atoms with Crippen LogP contribution in [0.15, 0.2) is 50.2 Å². The van der Waals surface area contributed by atoms with Gasteiger partial charge in [0.05, 0.1) is 12.1 Å². The first-order valence-electron chi connectivity index (χ1n) is 8.45. The molecule has 1 heterocycles. The number of hydrogen-bond donors (Lipinski definition) is 1. The zero-order valence-electron chi connectivity index (χ0n) is 15.6. The molecular formula is C19H17BrClN3O5. The Morgan fingerprint density at radius 3 is 2.86 bits per heavy atom. The van der Waals surface area contributed by atoms with Crippen molar-refractivity contribution in [2.45, 2.75) is 20.1 Å². The van der Waals surface area contributed by atoms with Crippen LogP contribution in [0.3, 0.4) is 0 Å². The van der Waals surface area contributed by atoms with Crippen molar-refractivity contribution in [1.82, 2.24) is 9.72 Å². The molecule has 0 aliphatic carbocycles. The summed E-state index contributed by atoms with van der Waals surface area (Å²) in [5, 5.41) is 6.79. The van der Waals surface area contributed by atoms with E-state index in [-0.39, 0.29) is 19.0 Å². The van der Waals surface area contributed by atoms with Crippen molar-refractivity contribution in [3.8, 4) is 11.5 Å². The van der Waals surface area contributed by atoms with Gasteiger partial charge in [0.2, 0.25) is 5.91 Å². The SMILES string of the molecule is COc1cccc(NC(=O)Cn2c(COc3c(C)cc(Br)cc3Cl)noc2=O)c1. The van der Waals surface area contributed by atoms with Gasteiger partial charge in [0.15, 0.2) is 5.82 Å². The maximum Gasteiger partial charge on any atom is 0.442 e. The Bertz CT molecular complexity index is 1070. The van der Waals surface area contributed by atoms with Crippen LogP contribution in [0.25, 0.3) is 0 Å². The summed E-state index contributed by atoms with van der Waals surface area (Å²) < 4.78 is 17.4. The van der Waals surface area contributed by atoms with Crippen molar-refractivity contribution in [3.05, 3.63) is 67.8 Å². The van der Waals surface area contributed by atoms with Gasteiger partial charge in [-0.25, -0.2) is 9.36 Å². The molecule has 2 aromatic carbocycles. The molecule has 0 saturated heterocycles. The summed E-state index contributed by atoms with van der Waals surface area (Å²) >= 11 is 9.56. The summed E-state index contributed by atoms with van der Waals surface area (Å²) in [5.74, 6) is 0.0262. The molecule has 0 saturated carbocycles. The second kappa shape index (κ2) is 9.15. The summed E-state index contributed by atoms with van der Waals surface area (Å²) in [5.41, 5.74) is 1.34. The van der Waals surface area contributed by atoms with Crippen LogP contribution in [-0.4, -0.2) is 22.7 Å². The minimum absolute atomic E-state index is 0.0969. The lowest BCUT2D eigenvalue weighted by molar-refractivity contribution is -0.116. The van der Waals surface area contributed by atoms with Gasteiger partial charge >= 0.3 is 5.76 Å². The fraction of sp³-hybridized carbons (Fsp3) is 0.211. The number of aromatic nitrogens is 2. The second-order valence-corrected chi connectivity index (χ2v) is 7.38. The Morgan fingerprint density at radius 1 is 1.34 bits per heavy atom. The zero-order chi connectivity index (χ0) is 21.0. The quantitative estimate of drug-likeness (QED) is 0.550. The van der Waals surface area contributed by atoms with Crippen molar-refractivity contribution in [2.75, 3.05) is 12.4 Å². The van der Waals surface area contributed by atoms with Crippen LogP contribution >= 0.6 is 27.5 Å². The lowest BCUT2D eigenvalue weighted by atomic mass is 10.2. The summed E-state index contributed by atoms with van der Waals surface area (Å²) in [6, 6.07) is 10.4. The fourth-order valence-corrected chi connectivity index (χ4v) is 3.63. The second-order valence-electron chi connectivity index (χ2n) is 6.05. The third kappa shape index (κ3) is 5.18. The number of halogens is 2. The lowest BCUT2D eigenvalue weighted by Crippen LogP contribution is -2.27. The number of aryl methyl sites for hydroxylation is 1. The summed E-state index contributed by atoms with van der Waals surface area (Å²) in [4.78, 5) is 24.3. The van der Waals surface area contributed by atoms with E-state index in [1.54, 1.807) is 30.3 Å². The van der Waals surface area contributed by atoms with Crippen molar-refractivity contribution >= 4 is 39.1 Å². The average Bonchev–Trinajstić information content (AvgIpc) is 3.00. The highest BCUT2D eigenvalue weighted by Crippen LogP contribution is 2.32. The summed E-state index contributed by atoms with van der Waals surface area (Å²) in [6.07, 6.45) is 0. The third-order valence-electron chi connectivity index (χ3n) is 3.96. The molecular weight excluding hydrogens is 466 g/mol. The van der Waals surface area contributed by atoms with Crippen LogP contribution in [0.2, 0.25) is 5.02 Å². The molecule has 1 aromatic heterocycles. The van der Waals surface area contributed by atoms with Crippen LogP contribution < -0.4 is 20.5 Å². The van der Waals surface area contributed by atoms with Crippen LogP contribution in [0, 0.1) is 6.92 Å². The van der Waals surface area contributed by atoms with Crippen molar-refractivity contribution in [2.24, 2.45) is 0 Å². The first-order valence-corrected chi connectivity index (χ1v) is 9.62.